The Morgan fingerprint density at radius 2 is 1.51 bits per heavy atom. The second-order valence-electron chi connectivity index (χ2n) is 17.2. The predicted octanol–water partition coefficient (Wildman–Crippen LogP) is -0.905. The van der Waals surface area contributed by atoms with E-state index in [-0.39, 0.29) is 49.5 Å². The van der Waals surface area contributed by atoms with Crippen molar-refractivity contribution < 1.29 is 62.3 Å². The highest BCUT2D eigenvalue weighted by atomic mass is 32.2. The molecular weight excluding hydrogens is 945 g/mol. The van der Waals surface area contributed by atoms with Gasteiger partial charge in [-0.2, -0.15) is 0 Å². The molecule has 0 aromatic heterocycles. The van der Waals surface area contributed by atoms with Crippen LogP contribution in [-0.4, -0.2) is 154 Å². The standard InChI is InChI=1S/C47H70N10O13S/c1-26(23-27(2)37(70-7)24-31-13-10-9-11-14-31)16-17-32-28(3)40(60)55-35(45(65)66)18-19-39(59)57(6)30(5)42(62)51-29(4)41(61)54-34(20-22-71(8)69)44(64)56-36(46(67)68)25-38(58)52-33(43(63)53-32)15-12-21-50-47(48)49/h9-11,13-14,16-17,23,27-29,32-37H,5,12,15,18-22,24-25H2,1-4,6-8H3,(H,51,62)(H,52,58)(H,53,63)(H,54,61)(H,55,60)(H,56,64)(H,65,66)(H,67,68)(H4,48,49,50). The molecule has 0 spiro atoms. The van der Waals surface area contributed by atoms with Crippen molar-refractivity contribution in [3.05, 3.63) is 72.0 Å². The zero-order chi connectivity index (χ0) is 53.5. The highest BCUT2D eigenvalue weighted by Gasteiger charge is 2.34. The van der Waals surface area contributed by atoms with Crippen LogP contribution < -0.4 is 43.4 Å². The van der Waals surface area contributed by atoms with Crippen LogP contribution in [0.3, 0.4) is 0 Å². The number of methoxy groups -OCH3 is 1. The summed E-state index contributed by atoms with van der Waals surface area (Å²) in [6.07, 6.45) is 4.64. The van der Waals surface area contributed by atoms with Crippen LogP contribution in [0.25, 0.3) is 0 Å². The van der Waals surface area contributed by atoms with E-state index in [1.165, 1.54) is 33.2 Å². The molecule has 1 aliphatic rings. The lowest BCUT2D eigenvalue weighted by Crippen LogP contribution is -2.57. The number of carbonyl (C=O) groups excluding carboxylic acids is 7. The maximum Gasteiger partial charge on any atom is 0.326 e. The summed E-state index contributed by atoms with van der Waals surface area (Å²) in [5, 5.41) is 34.8. The molecule has 1 fully saturated rings. The average Bonchev–Trinajstić information content (AvgIpc) is 3.31. The smallest absolute Gasteiger partial charge is 0.326 e. The van der Waals surface area contributed by atoms with Crippen LogP contribution in [0.4, 0.5) is 0 Å². The average molecular weight is 1020 g/mol. The van der Waals surface area contributed by atoms with Crippen molar-refractivity contribution >= 4 is 70.0 Å². The third kappa shape index (κ3) is 21.3. The summed E-state index contributed by atoms with van der Waals surface area (Å²) >= 11 is 0. The number of nitrogens with zero attached hydrogens (tertiary/aromatic N) is 2. The summed E-state index contributed by atoms with van der Waals surface area (Å²) in [6, 6.07) is 0.631. The number of likely N-dealkylation sites (N-methyl/N-ethyl adjacent to an activating group) is 1. The molecule has 12 N–H and O–H groups in total. The Hall–Kier alpha value is -6.95. The third-order valence-electron chi connectivity index (χ3n) is 11.5. The number of benzene rings is 1. The summed E-state index contributed by atoms with van der Waals surface area (Å²) in [5.41, 5.74) is 12.3. The van der Waals surface area contributed by atoms with Crippen LogP contribution in [0.5, 0.6) is 0 Å². The lowest BCUT2D eigenvalue weighted by atomic mass is 9.94. The Kier molecular flexibility index (Phi) is 25.4. The molecule has 0 bridgehead atoms. The Morgan fingerprint density at radius 3 is 2.10 bits per heavy atom. The molecule has 10 atom stereocenters. The summed E-state index contributed by atoms with van der Waals surface area (Å²) < 4.78 is 17.8. The monoisotopic (exact) mass is 1010 g/mol. The number of allylic oxidation sites excluding steroid dienone is 2. The van der Waals surface area contributed by atoms with Gasteiger partial charge in [-0.05, 0) is 51.5 Å². The number of amides is 7. The minimum Gasteiger partial charge on any atom is -0.480 e. The zero-order valence-corrected chi connectivity index (χ0v) is 42.0. The number of rotatable bonds is 16. The molecular formula is C47H70N10O13S. The normalized spacial score (nSPS) is 24.6. The van der Waals surface area contributed by atoms with E-state index in [1.807, 2.05) is 43.3 Å². The van der Waals surface area contributed by atoms with E-state index < -0.39 is 131 Å². The number of guanidine groups is 1. The number of nitrogens with two attached hydrogens (primary N) is 2. The number of aliphatic carboxylic acids is 2. The van der Waals surface area contributed by atoms with Gasteiger partial charge < -0.3 is 63.2 Å². The molecule has 10 unspecified atom stereocenters. The molecule has 24 heteroatoms. The summed E-state index contributed by atoms with van der Waals surface area (Å²) in [6.45, 7) is 10.0. The molecule has 392 valence electrons. The third-order valence-corrected chi connectivity index (χ3v) is 12.3. The van der Waals surface area contributed by atoms with Crippen LogP contribution in [0.2, 0.25) is 0 Å². The van der Waals surface area contributed by atoms with Crippen LogP contribution >= 0.6 is 0 Å². The van der Waals surface area contributed by atoms with Crippen molar-refractivity contribution in [2.75, 3.05) is 32.7 Å². The second kappa shape index (κ2) is 29.9. The van der Waals surface area contributed by atoms with Gasteiger partial charge in [0.15, 0.2) is 5.96 Å². The zero-order valence-electron chi connectivity index (χ0n) is 41.2. The van der Waals surface area contributed by atoms with Crippen LogP contribution in [0, 0.1) is 11.8 Å². The second-order valence-corrected chi connectivity index (χ2v) is 18.8. The van der Waals surface area contributed by atoms with Gasteiger partial charge in [0.05, 0.1) is 24.5 Å². The molecule has 1 heterocycles. The van der Waals surface area contributed by atoms with Crippen molar-refractivity contribution in [3.63, 3.8) is 0 Å². The van der Waals surface area contributed by atoms with Crippen molar-refractivity contribution in [3.8, 4) is 0 Å². The molecule has 23 nitrogen and oxygen atoms in total. The van der Waals surface area contributed by atoms with Gasteiger partial charge in [-0.3, -0.25) is 42.8 Å². The van der Waals surface area contributed by atoms with Crippen LogP contribution in [-0.2, 0) is 65.1 Å². The quantitative estimate of drug-likeness (QED) is 0.0315. The SMILES string of the molecule is C=C1C(=O)NC(C)C(=O)NC(CCS(C)=O)C(=O)NC(C(=O)O)CC(=O)NC(CCCN=C(N)N)C(=O)NC(C=CC(C)=CC(C)C(Cc2ccccc2)OC)C(C)C(=O)NC(C(=O)O)CCC(=O)N1C. The fourth-order valence-corrected chi connectivity index (χ4v) is 7.68. The molecule has 7 amide bonds. The van der Waals surface area contributed by atoms with Gasteiger partial charge in [-0.1, -0.05) is 74.6 Å². The number of aliphatic imine (C=N–C) groups is 1. The van der Waals surface area contributed by atoms with Crippen LogP contribution in [0.1, 0.15) is 71.8 Å². The van der Waals surface area contributed by atoms with Gasteiger partial charge in [0, 0.05) is 55.8 Å². The Labute approximate surface area is 415 Å². The first-order chi connectivity index (χ1) is 33.3. The van der Waals surface area contributed by atoms with Crippen molar-refractivity contribution in [2.45, 2.75) is 115 Å². The summed E-state index contributed by atoms with van der Waals surface area (Å²) in [5.74, 6) is -11.4. The number of carboxylic acid groups (broad SMARTS) is 2. The van der Waals surface area contributed by atoms with E-state index >= 15 is 0 Å². The molecule has 0 radical (unpaired) electrons. The number of ether oxygens (including phenoxy) is 1. The van der Waals surface area contributed by atoms with E-state index in [0.29, 0.717) is 12.0 Å². The first-order valence-electron chi connectivity index (χ1n) is 22.9. The van der Waals surface area contributed by atoms with Gasteiger partial charge in [0.1, 0.15) is 35.9 Å². The number of carboxylic acids is 2. The van der Waals surface area contributed by atoms with Gasteiger partial charge in [-0.25, -0.2) is 9.59 Å². The number of carbonyl (C=O) groups is 9. The van der Waals surface area contributed by atoms with Crippen molar-refractivity contribution in [2.24, 2.45) is 28.3 Å². The molecule has 71 heavy (non-hydrogen) atoms. The molecule has 1 saturated heterocycles. The minimum absolute atomic E-state index is 0.00772. The Bertz CT molecular complexity index is 2200. The van der Waals surface area contributed by atoms with Crippen molar-refractivity contribution in [1.82, 2.24) is 36.8 Å². The molecule has 0 aliphatic carbocycles. The first kappa shape index (κ1) is 60.2. The van der Waals surface area contributed by atoms with Gasteiger partial charge >= 0.3 is 11.9 Å². The predicted molar refractivity (Wildman–Crippen MR) is 264 cm³/mol. The lowest BCUT2D eigenvalue weighted by molar-refractivity contribution is -0.144. The van der Waals surface area contributed by atoms with E-state index in [0.717, 1.165) is 10.5 Å². The van der Waals surface area contributed by atoms with Gasteiger partial charge in [0.25, 0.3) is 5.91 Å². The maximum atomic E-state index is 14.3. The fraction of sp³-hybridized carbons (Fsp3) is 0.532. The molecule has 0 saturated carbocycles. The van der Waals surface area contributed by atoms with E-state index in [2.05, 4.69) is 43.5 Å². The van der Waals surface area contributed by atoms with E-state index in [1.54, 1.807) is 20.1 Å². The highest BCUT2D eigenvalue weighted by Crippen LogP contribution is 2.18. The van der Waals surface area contributed by atoms with Gasteiger partial charge in [0.2, 0.25) is 35.4 Å². The molecule has 1 aliphatic heterocycles. The van der Waals surface area contributed by atoms with E-state index in [9.17, 15) is 57.6 Å². The number of nitrogens with one attached hydrogen (secondary N) is 6. The number of hydrogen-bond acceptors (Lipinski definition) is 12. The number of hydrogen-bond donors (Lipinski definition) is 10. The Morgan fingerprint density at radius 1 is 0.901 bits per heavy atom. The van der Waals surface area contributed by atoms with E-state index in [4.69, 9.17) is 16.2 Å². The summed E-state index contributed by atoms with van der Waals surface area (Å²) in [7, 11) is 1.30. The minimum atomic E-state index is -1.92. The maximum absolute atomic E-state index is 14.3. The fourth-order valence-electron chi connectivity index (χ4n) is 7.11. The highest BCUT2D eigenvalue weighted by molar-refractivity contribution is 7.84. The van der Waals surface area contributed by atoms with Crippen LogP contribution in [0.15, 0.2) is 71.4 Å². The van der Waals surface area contributed by atoms with Crippen molar-refractivity contribution in [1.29, 1.82) is 0 Å². The molecule has 1 aromatic carbocycles. The summed E-state index contributed by atoms with van der Waals surface area (Å²) in [4.78, 5) is 125. The Balaban J connectivity index is 2.69. The molecule has 1 aromatic rings. The lowest BCUT2D eigenvalue weighted by Gasteiger charge is -2.27. The largest absolute Gasteiger partial charge is 0.480 e. The molecule has 2 rings (SSSR count). The van der Waals surface area contributed by atoms with Gasteiger partial charge in [-0.15, -0.1) is 0 Å². The first-order valence-corrected chi connectivity index (χ1v) is 24.6. The topological polar surface area (TPSA) is 360 Å².